The predicted molar refractivity (Wildman–Crippen MR) is 110 cm³/mol. The molecule has 1 aliphatic carbocycles. The first-order valence-corrected chi connectivity index (χ1v) is 10.2. The minimum Gasteiger partial charge on any atom is -0.393 e. The van der Waals surface area contributed by atoms with Gasteiger partial charge < -0.3 is 19.9 Å². The topological polar surface area (TPSA) is 57.4 Å². The highest BCUT2D eigenvalue weighted by Crippen LogP contribution is 2.51. The molecule has 5 rings (SSSR count). The van der Waals surface area contributed by atoms with Crippen LogP contribution in [0.25, 0.3) is 10.9 Å². The first-order chi connectivity index (χ1) is 14.2. The SMILES string of the molecule is O=C(NCCN1CC2CC(c3ccc(F)cc3)C2C1)Oc1cc2ccccc2[nH]1. The molecule has 1 aromatic heterocycles. The lowest BCUT2D eigenvalue weighted by Gasteiger charge is -2.40. The number of fused-ring (bicyclic) bond motifs is 2. The third kappa shape index (κ3) is 3.72. The summed E-state index contributed by atoms with van der Waals surface area (Å²) in [6.07, 6.45) is 0.728. The molecule has 2 N–H and O–H groups in total. The molecule has 0 radical (unpaired) electrons. The fraction of sp³-hybridized carbons (Fsp3) is 0.348. The molecule has 3 aromatic rings. The van der Waals surface area contributed by atoms with Crippen LogP contribution in [-0.2, 0) is 0 Å². The van der Waals surface area contributed by atoms with Crippen molar-refractivity contribution in [3.63, 3.8) is 0 Å². The summed E-state index contributed by atoms with van der Waals surface area (Å²) in [6, 6.07) is 16.6. The average molecular weight is 393 g/mol. The van der Waals surface area contributed by atoms with Gasteiger partial charge >= 0.3 is 6.09 Å². The maximum atomic E-state index is 13.1. The van der Waals surface area contributed by atoms with Gasteiger partial charge in [0.15, 0.2) is 0 Å². The van der Waals surface area contributed by atoms with Gasteiger partial charge in [0.1, 0.15) is 5.82 Å². The van der Waals surface area contributed by atoms with Crippen molar-refractivity contribution < 1.29 is 13.9 Å². The second-order valence-electron chi connectivity index (χ2n) is 8.11. The number of hydrogen-bond donors (Lipinski definition) is 2. The molecule has 29 heavy (non-hydrogen) atoms. The number of halogens is 1. The van der Waals surface area contributed by atoms with Crippen molar-refractivity contribution in [2.75, 3.05) is 26.2 Å². The van der Waals surface area contributed by atoms with E-state index in [9.17, 15) is 9.18 Å². The van der Waals surface area contributed by atoms with E-state index in [2.05, 4.69) is 15.2 Å². The number of benzene rings is 2. The van der Waals surface area contributed by atoms with E-state index in [-0.39, 0.29) is 5.82 Å². The molecule has 1 amide bonds. The standard InChI is InChI=1S/C23H24FN3O2/c24-18-7-5-15(6-8-18)19-11-17-13-27(14-20(17)19)10-9-25-23(28)29-22-12-16-3-1-2-4-21(16)26-22/h1-8,12,17,19-20,26H,9-11,13-14H2,(H,25,28). The van der Waals surface area contributed by atoms with Gasteiger partial charge in [-0.25, -0.2) is 9.18 Å². The van der Waals surface area contributed by atoms with E-state index in [4.69, 9.17) is 4.74 Å². The summed E-state index contributed by atoms with van der Waals surface area (Å²) < 4.78 is 18.5. The molecule has 2 aromatic carbocycles. The van der Waals surface area contributed by atoms with Gasteiger partial charge in [-0.1, -0.05) is 30.3 Å². The van der Waals surface area contributed by atoms with Crippen molar-refractivity contribution in [2.45, 2.75) is 12.3 Å². The summed E-state index contributed by atoms with van der Waals surface area (Å²) in [4.78, 5) is 17.6. The van der Waals surface area contributed by atoms with Crippen LogP contribution in [-0.4, -0.2) is 42.2 Å². The third-order valence-electron chi connectivity index (χ3n) is 6.34. The molecule has 1 saturated heterocycles. The smallest absolute Gasteiger partial charge is 0.393 e. The Balaban J connectivity index is 1.08. The van der Waals surface area contributed by atoms with Gasteiger partial charge in [0.05, 0.1) is 0 Å². The first kappa shape index (κ1) is 18.2. The lowest BCUT2D eigenvalue weighted by atomic mass is 9.64. The van der Waals surface area contributed by atoms with E-state index < -0.39 is 6.09 Å². The Hall–Kier alpha value is -2.86. The highest BCUT2D eigenvalue weighted by Gasteiger charge is 2.47. The number of hydrogen-bond acceptors (Lipinski definition) is 3. The van der Waals surface area contributed by atoms with Crippen LogP contribution in [0.15, 0.2) is 54.6 Å². The van der Waals surface area contributed by atoms with Gasteiger partial charge in [0.25, 0.3) is 0 Å². The van der Waals surface area contributed by atoms with Crippen molar-refractivity contribution in [1.82, 2.24) is 15.2 Å². The molecule has 3 unspecified atom stereocenters. The summed E-state index contributed by atoms with van der Waals surface area (Å²) in [5, 5.41) is 3.85. The van der Waals surface area contributed by atoms with Gasteiger partial charge in [-0.3, -0.25) is 0 Å². The zero-order chi connectivity index (χ0) is 19.8. The van der Waals surface area contributed by atoms with Gasteiger partial charge in [0, 0.05) is 43.1 Å². The van der Waals surface area contributed by atoms with Gasteiger partial charge in [-0.2, -0.15) is 0 Å². The lowest BCUT2D eigenvalue weighted by Crippen LogP contribution is -2.35. The average Bonchev–Trinajstić information content (AvgIpc) is 3.24. The van der Waals surface area contributed by atoms with E-state index in [1.165, 1.54) is 12.0 Å². The van der Waals surface area contributed by atoms with E-state index in [1.807, 2.05) is 42.5 Å². The number of carbonyl (C=O) groups is 1. The summed E-state index contributed by atoms with van der Waals surface area (Å²) in [7, 11) is 0. The molecule has 1 aliphatic heterocycles. The van der Waals surface area contributed by atoms with Crippen LogP contribution in [0.2, 0.25) is 0 Å². The van der Waals surface area contributed by atoms with Gasteiger partial charge in [0.2, 0.25) is 5.88 Å². The quantitative estimate of drug-likeness (QED) is 0.685. The van der Waals surface area contributed by atoms with Gasteiger partial charge in [-0.15, -0.1) is 0 Å². The minimum absolute atomic E-state index is 0.178. The van der Waals surface area contributed by atoms with E-state index in [1.54, 1.807) is 12.1 Å². The number of nitrogens with one attached hydrogen (secondary N) is 2. The van der Waals surface area contributed by atoms with Crippen LogP contribution in [0.3, 0.4) is 0 Å². The minimum atomic E-state index is -0.442. The number of H-pyrrole nitrogens is 1. The van der Waals surface area contributed by atoms with Crippen LogP contribution in [0.5, 0.6) is 5.88 Å². The first-order valence-electron chi connectivity index (χ1n) is 10.2. The Kier molecular flexibility index (Phi) is 4.72. The summed E-state index contributed by atoms with van der Waals surface area (Å²) >= 11 is 0. The van der Waals surface area contributed by atoms with Crippen molar-refractivity contribution >= 4 is 17.0 Å². The monoisotopic (exact) mass is 393 g/mol. The maximum absolute atomic E-state index is 13.1. The molecule has 150 valence electrons. The molecule has 3 atom stereocenters. The van der Waals surface area contributed by atoms with Crippen molar-refractivity contribution in [3.8, 4) is 5.88 Å². The number of likely N-dealkylation sites (tertiary alicyclic amines) is 1. The molecule has 0 spiro atoms. The molecule has 5 nitrogen and oxygen atoms in total. The second kappa shape index (κ2) is 7.52. The molecular weight excluding hydrogens is 369 g/mol. The van der Waals surface area contributed by atoms with Crippen molar-refractivity contribution in [1.29, 1.82) is 0 Å². The third-order valence-corrected chi connectivity index (χ3v) is 6.34. The van der Waals surface area contributed by atoms with Crippen LogP contribution in [0.1, 0.15) is 17.9 Å². The number of rotatable bonds is 5. The van der Waals surface area contributed by atoms with Crippen LogP contribution in [0, 0.1) is 17.7 Å². The Bertz CT molecular complexity index is 983. The second-order valence-corrected chi connectivity index (χ2v) is 8.11. The lowest BCUT2D eigenvalue weighted by molar-refractivity contribution is 0.191. The largest absolute Gasteiger partial charge is 0.413 e. The Labute approximate surface area is 168 Å². The molecular formula is C23H24FN3O2. The summed E-state index contributed by atoms with van der Waals surface area (Å²) in [6.45, 7) is 3.47. The highest BCUT2D eigenvalue weighted by atomic mass is 19.1. The fourth-order valence-corrected chi connectivity index (χ4v) is 4.83. The van der Waals surface area contributed by atoms with Crippen LogP contribution in [0.4, 0.5) is 9.18 Å². The highest BCUT2D eigenvalue weighted by molar-refractivity contribution is 5.82. The van der Waals surface area contributed by atoms with Crippen LogP contribution >= 0.6 is 0 Å². The summed E-state index contributed by atoms with van der Waals surface area (Å²) in [5.74, 6) is 2.15. The Morgan fingerprint density at radius 2 is 2.00 bits per heavy atom. The number of carbonyl (C=O) groups excluding carboxylic acids is 1. The zero-order valence-corrected chi connectivity index (χ0v) is 16.1. The van der Waals surface area contributed by atoms with E-state index >= 15 is 0 Å². The molecule has 6 heteroatoms. The molecule has 1 saturated carbocycles. The normalized spacial score (nSPS) is 23.6. The van der Waals surface area contributed by atoms with Gasteiger partial charge in [-0.05, 0) is 47.9 Å². The Morgan fingerprint density at radius 1 is 1.17 bits per heavy atom. The van der Waals surface area contributed by atoms with Crippen molar-refractivity contribution in [2.24, 2.45) is 11.8 Å². The summed E-state index contributed by atoms with van der Waals surface area (Å²) in [5.41, 5.74) is 2.19. The number of aromatic amines is 1. The van der Waals surface area contributed by atoms with Crippen molar-refractivity contribution in [3.05, 3.63) is 66.0 Å². The van der Waals surface area contributed by atoms with E-state index in [0.29, 0.717) is 30.2 Å². The number of aromatic nitrogens is 1. The number of amides is 1. The predicted octanol–water partition coefficient (Wildman–Crippen LogP) is 4.13. The Morgan fingerprint density at radius 3 is 2.83 bits per heavy atom. The fourth-order valence-electron chi connectivity index (χ4n) is 4.83. The zero-order valence-electron chi connectivity index (χ0n) is 16.1. The molecule has 2 fully saturated rings. The number of nitrogens with zero attached hydrogens (tertiary/aromatic N) is 1. The number of para-hydroxylation sites is 1. The molecule has 2 heterocycles. The molecule has 0 bridgehead atoms. The van der Waals surface area contributed by atoms with Crippen LogP contribution < -0.4 is 10.1 Å². The molecule has 2 aliphatic rings. The maximum Gasteiger partial charge on any atom is 0.413 e. The number of ether oxygens (including phenoxy) is 1. The van der Waals surface area contributed by atoms with E-state index in [0.717, 1.165) is 30.5 Å².